The molecule has 35 heavy (non-hydrogen) atoms. The average Bonchev–Trinajstić information content (AvgIpc) is 3.30. The molecule has 0 saturated carbocycles. The van der Waals surface area contributed by atoms with Crippen molar-refractivity contribution >= 4 is 44.2 Å². The van der Waals surface area contributed by atoms with Gasteiger partial charge in [-0.2, -0.15) is 17.5 Å². The molecule has 2 aromatic carbocycles. The van der Waals surface area contributed by atoms with Crippen molar-refractivity contribution in [3.05, 3.63) is 65.2 Å². The van der Waals surface area contributed by atoms with Crippen molar-refractivity contribution in [3.63, 3.8) is 0 Å². The predicted molar refractivity (Wildman–Crippen MR) is 128 cm³/mol. The van der Waals surface area contributed by atoms with Crippen LogP contribution in [0.15, 0.2) is 57.8 Å². The van der Waals surface area contributed by atoms with Crippen LogP contribution in [-0.2, 0) is 22.0 Å². The highest BCUT2D eigenvalue weighted by atomic mass is 32.2. The Balaban J connectivity index is 1.33. The van der Waals surface area contributed by atoms with Crippen molar-refractivity contribution in [1.82, 2.24) is 14.5 Å². The number of carbonyl (C=O) groups excluding carboxylic acids is 1. The molecule has 13 heteroatoms. The molecule has 2 heterocycles. The minimum Gasteiger partial charge on any atom is -0.296 e. The largest absolute Gasteiger partial charge is 0.416 e. The van der Waals surface area contributed by atoms with Crippen molar-refractivity contribution in [1.29, 1.82) is 0 Å². The van der Waals surface area contributed by atoms with Gasteiger partial charge in [-0.25, -0.2) is 8.42 Å². The van der Waals surface area contributed by atoms with Crippen LogP contribution in [0.25, 0.3) is 0 Å². The molecule has 4 rings (SSSR count). The van der Waals surface area contributed by atoms with Gasteiger partial charge < -0.3 is 0 Å². The van der Waals surface area contributed by atoms with Crippen LogP contribution in [0, 0.1) is 0 Å². The molecule has 0 aliphatic carbocycles. The molecule has 1 aliphatic rings. The second-order valence-electron chi connectivity index (χ2n) is 7.80. The van der Waals surface area contributed by atoms with E-state index in [1.54, 1.807) is 0 Å². The number of nitrogens with one attached hydrogen (secondary N) is 1. The van der Waals surface area contributed by atoms with Gasteiger partial charge in [-0.1, -0.05) is 41.7 Å². The lowest BCUT2D eigenvalue weighted by molar-refractivity contribution is -0.137. The average molecular weight is 543 g/mol. The lowest BCUT2D eigenvalue weighted by atomic mass is 10.1. The Labute approximate surface area is 208 Å². The van der Waals surface area contributed by atoms with E-state index in [4.69, 9.17) is 0 Å². The summed E-state index contributed by atoms with van der Waals surface area (Å²) in [5.74, 6) is -0.0596. The molecule has 1 fully saturated rings. The Kier molecular flexibility index (Phi) is 7.79. The fourth-order valence-electron chi connectivity index (χ4n) is 3.46. The maximum Gasteiger partial charge on any atom is 0.416 e. The molecule has 0 unspecified atom stereocenters. The van der Waals surface area contributed by atoms with Crippen LogP contribution in [0.1, 0.15) is 40.7 Å². The molecule has 7 nitrogen and oxygen atoms in total. The molecule has 186 valence electrons. The van der Waals surface area contributed by atoms with E-state index in [0.717, 1.165) is 42.7 Å². The number of hydrogen-bond acceptors (Lipinski definition) is 7. The molecule has 0 radical (unpaired) electrons. The number of thioether (sulfide) groups is 1. The lowest BCUT2D eigenvalue weighted by Crippen LogP contribution is -2.35. The fourth-order valence-corrected chi connectivity index (χ4v) is 6.68. The molecule has 1 aromatic heterocycles. The third-order valence-corrected chi connectivity index (χ3v) is 9.30. The second-order valence-corrected chi connectivity index (χ2v) is 11.9. The van der Waals surface area contributed by atoms with Crippen LogP contribution in [-0.4, -0.2) is 41.9 Å². The van der Waals surface area contributed by atoms with E-state index >= 15 is 0 Å². The summed E-state index contributed by atoms with van der Waals surface area (Å²) in [6.07, 6.45) is -1.68. The predicted octanol–water partition coefficient (Wildman–Crippen LogP) is 5.28. The summed E-state index contributed by atoms with van der Waals surface area (Å²) in [5, 5.41) is 10.8. The van der Waals surface area contributed by atoms with Crippen LogP contribution in [0.4, 0.5) is 18.3 Å². The molecule has 0 bridgehead atoms. The summed E-state index contributed by atoms with van der Waals surface area (Å²) in [6, 6.07) is 10.6. The molecule has 1 N–H and O–H groups in total. The summed E-state index contributed by atoms with van der Waals surface area (Å²) < 4.78 is 65.5. The van der Waals surface area contributed by atoms with E-state index in [9.17, 15) is 26.4 Å². The zero-order valence-electron chi connectivity index (χ0n) is 18.3. The highest BCUT2D eigenvalue weighted by Crippen LogP contribution is 2.32. The zero-order valence-corrected chi connectivity index (χ0v) is 20.7. The van der Waals surface area contributed by atoms with Gasteiger partial charge in [0.2, 0.25) is 15.2 Å². The first-order chi connectivity index (χ1) is 16.6. The smallest absolute Gasteiger partial charge is 0.296 e. The normalized spacial score (nSPS) is 15.2. The van der Waals surface area contributed by atoms with E-state index in [1.807, 2.05) is 0 Å². The Bertz CT molecular complexity index is 1270. The van der Waals surface area contributed by atoms with Gasteiger partial charge >= 0.3 is 6.18 Å². The van der Waals surface area contributed by atoms with E-state index in [0.29, 0.717) is 28.7 Å². The number of halogens is 3. The minimum absolute atomic E-state index is 0.147. The van der Waals surface area contributed by atoms with Crippen LogP contribution in [0.3, 0.4) is 0 Å². The topological polar surface area (TPSA) is 92.3 Å². The maximum absolute atomic E-state index is 12.7. The van der Waals surface area contributed by atoms with E-state index < -0.39 is 27.7 Å². The molecule has 3 aromatic rings. The number of piperidine rings is 1. The monoisotopic (exact) mass is 542 g/mol. The number of rotatable bonds is 7. The van der Waals surface area contributed by atoms with Gasteiger partial charge in [0.1, 0.15) is 0 Å². The number of aromatic nitrogens is 2. The van der Waals surface area contributed by atoms with Crippen molar-refractivity contribution in [2.24, 2.45) is 0 Å². The maximum atomic E-state index is 12.7. The molecular weight excluding hydrogens is 521 g/mol. The SMILES string of the molecule is O=C(Nc1nnc(SCc2ccc(C(F)(F)F)cc2)s1)c1ccc(S(=O)(=O)N2CCCCC2)cc1. The Morgan fingerprint density at radius 2 is 1.66 bits per heavy atom. The summed E-state index contributed by atoms with van der Waals surface area (Å²) in [5.41, 5.74) is 0.268. The summed E-state index contributed by atoms with van der Waals surface area (Å²) >= 11 is 2.42. The third-order valence-electron chi connectivity index (χ3n) is 5.34. The molecule has 0 atom stereocenters. The first-order valence-corrected chi connectivity index (χ1v) is 13.9. The van der Waals surface area contributed by atoms with Gasteiger partial charge in [-0.05, 0) is 54.8 Å². The number of benzene rings is 2. The van der Waals surface area contributed by atoms with Gasteiger partial charge in [0.15, 0.2) is 4.34 Å². The highest BCUT2D eigenvalue weighted by Gasteiger charge is 2.30. The Morgan fingerprint density at radius 3 is 2.29 bits per heavy atom. The van der Waals surface area contributed by atoms with Crippen molar-refractivity contribution < 1.29 is 26.4 Å². The number of amides is 1. The summed E-state index contributed by atoms with van der Waals surface area (Å²) in [4.78, 5) is 12.7. The van der Waals surface area contributed by atoms with E-state index in [-0.39, 0.29) is 15.6 Å². The summed E-state index contributed by atoms with van der Waals surface area (Å²) in [7, 11) is -3.58. The standard InChI is InChI=1S/C22H21F3N4O3S3/c23-22(24,25)17-8-4-15(5-9-17)14-33-21-28-27-20(34-21)26-19(30)16-6-10-18(11-7-16)35(31,32)29-12-2-1-3-13-29/h4-11H,1-3,12-14H2,(H,26,27,30). The van der Waals surface area contributed by atoms with Gasteiger partial charge in [-0.15, -0.1) is 10.2 Å². The first-order valence-electron chi connectivity index (χ1n) is 10.7. The van der Waals surface area contributed by atoms with Crippen molar-refractivity contribution in [3.8, 4) is 0 Å². The van der Waals surface area contributed by atoms with E-state index in [1.165, 1.54) is 52.5 Å². The second kappa shape index (κ2) is 10.6. The van der Waals surface area contributed by atoms with Gasteiger partial charge in [0.05, 0.1) is 10.5 Å². The van der Waals surface area contributed by atoms with E-state index in [2.05, 4.69) is 15.5 Å². The Morgan fingerprint density at radius 1 is 1.00 bits per heavy atom. The van der Waals surface area contributed by atoms with Crippen LogP contribution in [0.5, 0.6) is 0 Å². The number of alkyl halides is 3. The zero-order chi connectivity index (χ0) is 25.1. The fraction of sp³-hybridized carbons (Fsp3) is 0.318. The van der Waals surface area contributed by atoms with Gasteiger partial charge in [0, 0.05) is 24.4 Å². The number of hydrogen-bond donors (Lipinski definition) is 1. The van der Waals surface area contributed by atoms with Crippen molar-refractivity contribution in [2.75, 3.05) is 18.4 Å². The lowest BCUT2D eigenvalue weighted by Gasteiger charge is -2.25. The highest BCUT2D eigenvalue weighted by molar-refractivity contribution is 8.00. The first kappa shape index (κ1) is 25.6. The minimum atomic E-state index is -4.38. The van der Waals surface area contributed by atoms with Crippen LogP contribution in [0.2, 0.25) is 0 Å². The molecular formula is C22H21F3N4O3S3. The summed E-state index contributed by atoms with van der Waals surface area (Å²) in [6.45, 7) is 1.00. The van der Waals surface area contributed by atoms with Crippen molar-refractivity contribution in [2.45, 2.75) is 40.4 Å². The molecule has 1 saturated heterocycles. The number of sulfonamides is 1. The van der Waals surface area contributed by atoms with Crippen LogP contribution >= 0.6 is 23.1 Å². The van der Waals surface area contributed by atoms with Crippen LogP contribution < -0.4 is 5.32 Å². The Hall–Kier alpha value is -2.48. The van der Waals surface area contributed by atoms with Gasteiger partial charge in [0.25, 0.3) is 5.91 Å². The third kappa shape index (κ3) is 6.40. The number of anilines is 1. The molecule has 1 aliphatic heterocycles. The molecule has 0 spiro atoms. The quantitative estimate of drug-likeness (QED) is 0.323. The number of nitrogens with zero attached hydrogens (tertiary/aromatic N) is 3. The molecule has 1 amide bonds. The van der Waals surface area contributed by atoms with Gasteiger partial charge in [-0.3, -0.25) is 10.1 Å². The number of carbonyl (C=O) groups is 1.